The highest BCUT2D eigenvalue weighted by molar-refractivity contribution is 5.74. The lowest BCUT2D eigenvalue weighted by Crippen LogP contribution is -2.54. The second-order valence-electron chi connectivity index (χ2n) is 10.1. The number of rotatable bonds is 5. The highest BCUT2D eigenvalue weighted by Gasteiger charge is 2.63. The van der Waals surface area contributed by atoms with Crippen LogP contribution in [-0.2, 0) is 14.2 Å². The molecule has 4 aliphatic rings. The zero-order valence-electron chi connectivity index (χ0n) is 19.0. The quantitative estimate of drug-likeness (QED) is 0.592. The van der Waals surface area contributed by atoms with Gasteiger partial charge in [0.05, 0.1) is 25.1 Å². The third kappa shape index (κ3) is 3.06. The van der Waals surface area contributed by atoms with E-state index < -0.39 is 0 Å². The summed E-state index contributed by atoms with van der Waals surface area (Å²) in [6, 6.07) is 8.27. The SMILES string of the molecule is COCC1(OC)CCC2C3CCC4=COCCC4=C3C(c3ccc(C=O)cc3)C[C@@]21C. The zero-order chi connectivity index (χ0) is 21.6. The maximum Gasteiger partial charge on any atom is 0.150 e. The Kier molecular flexibility index (Phi) is 5.34. The summed E-state index contributed by atoms with van der Waals surface area (Å²) in [6.07, 6.45) is 9.55. The number of fused-ring (bicyclic) bond motifs is 4. The van der Waals surface area contributed by atoms with Crippen LogP contribution in [-0.4, -0.2) is 39.3 Å². The molecular formula is C27H34O4. The van der Waals surface area contributed by atoms with E-state index in [2.05, 4.69) is 19.1 Å². The first-order valence-electron chi connectivity index (χ1n) is 11.7. The van der Waals surface area contributed by atoms with Crippen LogP contribution in [0.3, 0.4) is 0 Å². The largest absolute Gasteiger partial charge is 0.501 e. The molecule has 166 valence electrons. The smallest absolute Gasteiger partial charge is 0.150 e. The average Bonchev–Trinajstić information content (AvgIpc) is 3.11. The average molecular weight is 423 g/mol. The number of carbonyl (C=O) groups excluding carboxylic acids is 1. The molecule has 2 saturated carbocycles. The van der Waals surface area contributed by atoms with E-state index in [9.17, 15) is 4.79 Å². The number of hydrogen-bond acceptors (Lipinski definition) is 4. The van der Waals surface area contributed by atoms with Crippen molar-refractivity contribution in [3.63, 3.8) is 0 Å². The molecule has 1 aliphatic heterocycles. The number of aldehydes is 1. The molecule has 2 fully saturated rings. The van der Waals surface area contributed by atoms with Gasteiger partial charge >= 0.3 is 0 Å². The minimum atomic E-state index is -0.241. The van der Waals surface area contributed by atoms with Crippen molar-refractivity contribution < 1.29 is 19.0 Å². The Labute approximate surface area is 185 Å². The topological polar surface area (TPSA) is 44.8 Å². The van der Waals surface area contributed by atoms with E-state index in [0.29, 0.717) is 24.4 Å². The Hall–Kier alpha value is -1.91. The molecule has 0 aromatic heterocycles. The van der Waals surface area contributed by atoms with E-state index in [-0.39, 0.29) is 11.0 Å². The van der Waals surface area contributed by atoms with Gasteiger partial charge in [-0.1, -0.05) is 36.8 Å². The molecule has 31 heavy (non-hydrogen) atoms. The van der Waals surface area contributed by atoms with E-state index >= 15 is 0 Å². The van der Waals surface area contributed by atoms with Gasteiger partial charge in [-0.2, -0.15) is 0 Å². The number of ether oxygens (including phenoxy) is 3. The van der Waals surface area contributed by atoms with Crippen LogP contribution in [0, 0.1) is 17.3 Å². The van der Waals surface area contributed by atoms with Crippen molar-refractivity contribution in [3.05, 3.63) is 58.4 Å². The normalized spacial score (nSPS) is 36.7. The number of allylic oxidation sites excluding steroid dienone is 2. The monoisotopic (exact) mass is 422 g/mol. The highest BCUT2D eigenvalue weighted by Crippen LogP contribution is 2.67. The molecule has 3 aliphatic carbocycles. The minimum Gasteiger partial charge on any atom is -0.501 e. The molecular weight excluding hydrogens is 388 g/mol. The van der Waals surface area contributed by atoms with Gasteiger partial charge < -0.3 is 14.2 Å². The van der Waals surface area contributed by atoms with Crippen LogP contribution < -0.4 is 0 Å². The molecule has 0 radical (unpaired) electrons. The first kappa shape index (κ1) is 21.0. The van der Waals surface area contributed by atoms with Crippen LogP contribution in [0.5, 0.6) is 0 Å². The van der Waals surface area contributed by atoms with Crippen molar-refractivity contribution >= 4 is 6.29 Å². The van der Waals surface area contributed by atoms with Gasteiger partial charge in [0.15, 0.2) is 0 Å². The van der Waals surface area contributed by atoms with Crippen molar-refractivity contribution in [1.82, 2.24) is 0 Å². The second-order valence-corrected chi connectivity index (χ2v) is 10.1. The summed E-state index contributed by atoms with van der Waals surface area (Å²) in [5.74, 6) is 1.53. The second kappa shape index (κ2) is 7.90. The lowest BCUT2D eigenvalue weighted by atomic mass is 9.51. The van der Waals surface area contributed by atoms with Crippen LogP contribution in [0.4, 0.5) is 0 Å². The molecule has 4 heteroatoms. The minimum absolute atomic E-state index is 0.0485. The van der Waals surface area contributed by atoms with Crippen LogP contribution in [0.25, 0.3) is 0 Å². The highest BCUT2D eigenvalue weighted by atomic mass is 16.5. The van der Waals surface area contributed by atoms with E-state index in [1.807, 2.05) is 25.5 Å². The molecule has 4 nitrogen and oxygen atoms in total. The fourth-order valence-electron chi connectivity index (χ4n) is 7.48. The van der Waals surface area contributed by atoms with Crippen molar-refractivity contribution in [3.8, 4) is 0 Å². The summed E-state index contributed by atoms with van der Waals surface area (Å²) in [4.78, 5) is 11.2. The zero-order valence-corrected chi connectivity index (χ0v) is 19.0. The van der Waals surface area contributed by atoms with E-state index in [1.54, 1.807) is 18.3 Å². The lowest BCUT2D eigenvalue weighted by molar-refractivity contribution is -0.149. The third-order valence-corrected chi connectivity index (χ3v) is 9.01. The van der Waals surface area contributed by atoms with Gasteiger partial charge in [-0.15, -0.1) is 0 Å². The van der Waals surface area contributed by atoms with Crippen LogP contribution in [0.2, 0.25) is 0 Å². The maximum atomic E-state index is 11.2. The molecule has 5 rings (SSSR count). The summed E-state index contributed by atoms with van der Waals surface area (Å²) in [5.41, 5.74) is 6.47. The summed E-state index contributed by atoms with van der Waals surface area (Å²) < 4.78 is 17.7. The fraction of sp³-hybridized carbons (Fsp3) is 0.593. The van der Waals surface area contributed by atoms with Crippen LogP contribution in [0.15, 0.2) is 47.2 Å². The Morgan fingerprint density at radius 3 is 2.68 bits per heavy atom. The summed E-state index contributed by atoms with van der Waals surface area (Å²) in [7, 11) is 3.66. The summed E-state index contributed by atoms with van der Waals surface area (Å²) in [5, 5.41) is 0. The van der Waals surface area contributed by atoms with Gasteiger partial charge in [0, 0.05) is 37.5 Å². The Morgan fingerprint density at radius 2 is 1.97 bits per heavy atom. The van der Waals surface area contributed by atoms with E-state index in [1.165, 1.54) is 24.0 Å². The number of methoxy groups -OCH3 is 2. The van der Waals surface area contributed by atoms with Crippen LogP contribution in [0.1, 0.15) is 67.3 Å². The Bertz CT molecular complexity index is 914. The first-order chi connectivity index (χ1) is 15.1. The predicted octanol–water partition coefficient (Wildman–Crippen LogP) is 5.45. The number of carbonyl (C=O) groups is 1. The molecule has 1 aromatic carbocycles. The van der Waals surface area contributed by atoms with Crippen molar-refractivity contribution in [2.24, 2.45) is 17.3 Å². The molecule has 1 aromatic rings. The third-order valence-electron chi connectivity index (χ3n) is 9.01. The standard InChI is InChI=1S/C27H34O4/c1-26-14-23(19-6-4-18(15-28)5-7-19)25-21-11-13-31-16-20(21)8-9-22(25)24(26)10-12-27(26,30-3)17-29-2/h4-7,15-16,22-24H,8-14,17H2,1-3H3/t22?,23?,24?,26-,27?/m0/s1. The summed E-state index contributed by atoms with van der Waals surface area (Å²) >= 11 is 0. The fourth-order valence-corrected chi connectivity index (χ4v) is 7.48. The van der Waals surface area contributed by atoms with Gasteiger partial charge in [0.2, 0.25) is 0 Å². The van der Waals surface area contributed by atoms with E-state index in [0.717, 1.165) is 44.1 Å². The summed E-state index contributed by atoms with van der Waals surface area (Å²) in [6.45, 7) is 3.88. The Morgan fingerprint density at radius 1 is 1.16 bits per heavy atom. The number of hydrogen-bond donors (Lipinski definition) is 0. The van der Waals surface area contributed by atoms with Gasteiger partial charge in [-0.3, -0.25) is 4.79 Å². The van der Waals surface area contributed by atoms with E-state index in [4.69, 9.17) is 14.2 Å². The molecule has 0 amide bonds. The van der Waals surface area contributed by atoms with Gasteiger partial charge in [-0.25, -0.2) is 0 Å². The van der Waals surface area contributed by atoms with Gasteiger partial charge in [0.1, 0.15) is 6.29 Å². The van der Waals surface area contributed by atoms with Gasteiger partial charge in [0.25, 0.3) is 0 Å². The maximum absolute atomic E-state index is 11.2. The van der Waals surface area contributed by atoms with Crippen molar-refractivity contribution in [2.75, 3.05) is 27.4 Å². The molecule has 1 heterocycles. The molecule has 0 saturated heterocycles. The molecule has 0 N–H and O–H groups in total. The van der Waals surface area contributed by atoms with Crippen LogP contribution >= 0.6 is 0 Å². The molecule has 5 atom stereocenters. The number of benzene rings is 1. The predicted molar refractivity (Wildman–Crippen MR) is 120 cm³/mol. The molecule has 0 bridgehead atoms. The van der Waals surface area contributed by atoms with Crippen molar-refractivity contribution in [1.29, 1.82) is 0 Å². The lowest BCUT2D eigenvalue weighted by Gasteiger charge is -2.55. The Balaban J connectivity index is 1.66. The van der Waals surface area contributed by atoms with Gasteiger partial charge in [-0.05, 0) is 60.6 Å². The molecule has 4 unspecified atom stereocenters. The van der Waals surface area contributed by atoms with Crippen molar-refractivity contribution in [2.45, 2.75) is 57.0 Å². The first-order valence-corrected chi connectivity index (χ1v) is 11.7. The molecule has 0 spiro atoms.